The van der Waals surface area contributed by atoms with E-state index in [1.807, 2.05) is 0 Å². The van der Waals surface area contributed by atoms with Crippen LogP contribution in [0.5, 0.6) is 0 Å². The number of rotatable bonds is 4. The molecule has 2 aromatic rings. The van der Waals surface area contributed by atoms with Gasteiger partial charge in [0.05, 0.1) is 0 Å². The van der Waals surface area contributed by atoms with Gasteiger partial charge in [-0.1, -0.05) is 6.07 Å². The van der Waals surface area contributed by atoms with Gasteiger partial charge in [0.1, 0.15) is 10.7 Å². The average Bonchev–Trinajstić information content (AvgIpc) is 2.70. The van der Waals surface area contributed by atoms with Gasteiger partial charge in [-0.2, -0.15) is 0 Å². The monoisotopic (exact) mass is 318 g/mol. The summed E-state index contributed by atoms with van der Waals surface area (Å²) < 4.78 is 23.2. The van der Waals surface area contributed by atoms with E-state index in [0.717, 1.165) is 6.20 Å². The Balaban J connectivity index is 2.55. The smallest absolute Gasteiger partial charge is 0.136 e. The molecule has 0 aliphatic carbocycles. The number of aromatic nitrogens is 2. The Morgan fingerprint density at radius 3 is 2.35 bits per heavy atom. The first-order chi connectivity index (χ1) is 9.06. The Labute approximate surface area is 112 Å². The second-order valence-electron chi connectivity index (χ2n) is 4.12. The molecule has 0 aliphatic heterocycles. The van der Waals surface area contributed by atoms with Crippen LogP contribution in [0.1, 0.15) is 5.69 Å². The Morgan fingerprint density at radius 1 is 1.20 bits per heavy atom. The molecule has 0 spiro atoms. The molecule has 0 radical (unpaired) electrons. The fourth-order valence-electron chi connectivity index (χ4n) is 1.70. The minimum Gasteiger partial charge on any atom is -0.808 e. The van der Waals surface area contributed by atoms with Crippen molar-refractivity contribution in [3.8, 4) is 0 Å². The first-order valence-corrected chi connectivity index (χ1v) is 8.32. The molecule has 0 unspecified atom stereocenters. The second kappa shape index (κ2) is 4.75. The van der Waals surface area contributed by atoms with E-state index in [4.69, 9.17) is 0 Å². The highest BCUT2D eigenvalue weighted by Crippen LogP contribution is 2.60. The minimum absolute atomic E-state index is 0.0954. The molecule has 2 heterocycles. The van der Waals surface area contributed by atoms with E-state index in [1.165, 1.54) is 16.7 Å². The molecule has 2 rings (SSSR count). The lowest BCUT2D eigenvalue weighted by atomic mass is 10.3. The van der Waals surface area contributed by atoms with E-state index >= 15 is 0 Å². The van der Waals surface area contributed by atoms with Crippen molar-refractivity contribution in [2.45, 2.75) is 11.5 Å². The lowest BCUT2D eigenvalue weighted by molar-refractivity contribution is -0.348. The van der Waals surface area contributed by atoms with Crippen LogP contribution < -0.4 is 19.6 Å². The van der Waals surface area contributed by atoms with Crippen LogP contribution in [0.4, 0.5) is 0 Å². The van der Waals surface area contributed by atoms with Crippen LogP contribution in [-0.2, 0) is 15.6 Å². The molecular weight excluding hydrogens is 310 g/mol. The number of aliphatic hydroxyl groups is 1. The fourth-order valence-corrected chi connectivity index (χ4v) is 3.61. The Bertz CT molecular complexity index is 709. The normalized spacial score (nSPS) is 13.8. The number of hydrogen-bond acceptors (Lipinski definition) is 8. The van der Waals surface area contributed by atoms with Gasteiger partial charge in [0.25, 0.3) is 0 Å². The summed E-state index contributed by atoms with van der Waals surface area (Å²) in [4.78, 5) is 47.8. The molecule has 0 amide bonds. The highest BCUT2D eigenvalue weighted by atomic mass is 31.2. The number of fused-ring (bicyclic) bond motifs is 1. The van der Waals surface area contributed by atoms with Crippen molar-refractivity contribution >= 4 is 20.8 Å². The Morgan fingerprint density at radius 2 is 1.80 bits per heavy atom. The molecule has 0 aliphatic rings. The molecule has 0 aromatic carbocycles. The molecule has 0 saturated heterocycles. The van der Waals surface area contributed by atoms with E-state index in [0.29, 0.717) is 5.65 Å². The fraction of sp³-hybridized carbons (Fsp3) is 0.222. The molecular formula is C9H8N2O7P2-4. The van der Waals surface area contributed by atoms with E-state index in [-0.39, 0.29) is 5.69 Å². The maximum Gasteiger partial charge on any atom is 0.136 e. The van der Waals surface area contributed by atoms with Gasteiger partial charge in [-0.3, -0.25) is 0 Å². The maximum atomic E-state index is 11.0. The number of nitrogens with zero attached hydrogens (tertiary/aromatic N) is 2. The van der Waals surface area contributed by atoms with Crippen LogP contribution in [0.2, 0.25) is 0 Å². The van der Waals surface area contributed by atoms with Crippen molar-refractivity contribution < 1.29 is 33.8 Å². The quantitative estimate of drug-likeness (QED) is 0.597. The van der Waals surface area contributed by atoms with Crippen molar-refractivity contribution in [3.63, 3.8) is 0 Å². The lowest BCUT2D eigenvalue weighted by Crippen LogP contribution is -2.47. The van der Waals surface area contributed by atoms with Gasteiger partial charge in [0.2, 0.25) is 0 Å². The summed E-state index contributed by atoms with van der Waals surface area (Å²) in [5.74, 6) is 0. The lowest BCUT2D eigenvalue weighted by Gasteiger charge is -2.55. The zero-order valence-corrected chi connectivity index (χ0v) is 11.6. The number of imidazole rings is 1. The van der Waals surface area contributed by atoms with Gasteiger partial charge in [-0.25, -0.2) is 4.98 Å². The highest BCUT2D eigenvalue weighted by Gasteiger charge is 2.36. The number of pyridine rings is 1. The summed E-state index contributed by atoms with van der Waals surface area (Å²) in [6.07, 6.45) is 1.30. The molecule has 110 valence electrons. The van der Waals surface area contributed by atoms with E-state index in [2.05, 4.69) is 4.98 Å². The van der Waals surface area contributed by atoms with Gasteiger partial charge >= 0.3 is 0 Å². The van der Waals surface area contributed by atoms with Gasteiger partial charge in [-0.15, -0.1) is 0 Å². The Kier molecular flexibility index (Phi) is 3.64. The van der Waals surface area contributed by atoms with E-state index in [9.17, 15) is 33.8 Å². The predicted molar refractivity (Wildman–Crippen MR) is 59.1 cm³/mol. The van der Waals surface area contributed by atoms with Crippen molar-refractivity contribution in [2.24, 2.45) is 0 Å². The summed E-state index contributed by atoms with van der Waals surface area (Å²) in [6.45, 7) is 0. The van der Waals surface area contributed by atoms with E-state index < -0.39 is 26.7 Å². The molecule has 0 fully saturated rings. The highest BCUT2D eigenvalue weighted by molar-refractivity contribution is 7.69. The molecule has 0 atom stereocenters. The van der Waals surface area contributed by atoms with Crippen LogP contribution >= 0.6 is 15.2 Å². The SMILES string of the molecule is O=P([O-])([O-])C(O)(Cc1cnc2ccccn12)P(=O)([O-])[O-]. The van der Waals surface area contributed by atoms with Crippen molar-refractivity contribution in [3.05, 3.63) is 36.3 Å². The summed E-state index contributed by atoms with van der Waals surface area (Å²) in [7, 11) is -12.2. The minimum atomic E-state index is -6.10. The van der Waals surface area contributed by atoms with E-state index in [1.54, 1.807) is 12.1 Å². The molecule has 2 aromatic heterocycles. The summed E-state index contributed by atoms with van der Waals surface area (Å²) in [5, 5.41) is 5.67. The first kappa shape index (κ1) is 15.3. The van der Waals surface area contributed by atoms with Crippen LogP contribution in [0.25, 0.3) is 5.65 Å². The van der Waals surface area contributed by atoms with Crippen LogP contribution in [0.15, 0.2) is 30.6 Å². The van der Waals surface area contributed by atoms with Crippen LogP contribution in [0.3, 0.4) is 0 Å². The largest absolute Gasteiger partial charge is 0.808 e. The van der Waals surface area contributed by atoms with Crippen molar-refractivity contribution in [1.29, 1.82) is 0 Å². The second-order valence-corrected chi connectivity index (χ2v) is 7.95. The van der Waals surface area contributed by atoms with Crippen LogP contribution in [-0.4, -0.2) is 19.6 Å². The van der Waals surface area contributed by atoms with Gasteiger partial charge in [-0.05, 0) is 27.3 Å². The molecule has 0 bridgehead atoms. The van der Waals surface area contributed by atoms with Gasteiger partial charge in [0, 0.05) is 24.5 Å². The summed E-state index contributed by atoms with van der Waals surface area (Å²) in [5.41, 5.74) is 0.241. The molecule has 0 saturated carbocycles. The molecule has 1 N–H and O–H groups in total. The predicted octanol–water partition coefficient (Wildman–Crippen LogP) is -2.65. The standard InChI is InChI=1S/C9H12N2O7P2/c12-9(19(13,14)15,20(16,17)18)5-7-6-10-8-3-1-2-4-11(7)8/h1-4,6,12H,5H2,(H2,13,14,15)(H2,16,17,18)/p-4. The third kappa shape index (κ3) is 2.45. The molecule has 9 nitrogen and oxygen atoms in total. The van der Waals surface area contributed by atoms with Gasteiger partial charge < -0.3 is 38.2 Å². The molecule has 11 heteroatoms. The average molecular weight is 318 g/mol. The van der Waals surface area contributed by atoms with Crippen molar-refractivity contribution in [2.75, 3.05) is 0 Å². The van der Waals surface area contributed by atoms with Crippen molar-refractivity contribution in [1.82, 2.24) is 9.38 Å². The number of hydrogen-bond donors (Lipinski definition) is 1. The van der Waals surface area contributed by atoms with Gasteiger partial charge in [0.15, 0.2) is 0 Å². The summed E-state index contributed by atoms with van der Waals surface area (Å²) >= 11 is 0. The molecule has 20 heavy (non-hydrogen) atoms. The third-order valence-electron chi connectivity index (χ3n) is 2.79. The summed E-state index contributed by atoms with van der Waals surface area (Å²) in [6, 6.07) is 4.69. The Hall–Kier alpha value is -1.05. The first-order valence-electron chi connectivity index (χ1n) is 5.24. The zero-order chi connectivity index (χ0) is 15.2. The topological polar surface area (TPSA) is 164 Å². The third-order valence-corrected chi connectivity index (χ3v) is 6.33. The zero-order valence-electron chi connectivity index (χ0n) is 9.78. The maximum absolute atomic E-state index is 11.0. The van der Waals surface area contributed by atoms with Crippen LogP contribution in [0, 0.1) is 0 Å².